The van der Waals surface area contributed by atoms with Gasteiger partial charge in [-0.1, -0.05) is 19.4 Å². The molecule has 1 fully saturated rings. The molecule has 2 aliphatic rings. The summed E-state index contributed by atoms with van der Waals surface area (Å²) in [5.41, 5.74) is 3.60. The average molecular weight is 370 g/mol. The summed E-state index contributed by atoms with van der Waals surface area (Å²) in [6, 6.07) is 5.69. The summed E-state index contributed by atoms with van der Waals surface area (Å²) in [6.45, 7) is 3.93. The number of nitrogens with one attached hydrogen (secondary N) is 1. The Morgan fingerprint density at radius 2 is 2.26 bits per heavy atom. The lowest BCUT2D eigenvalue weighted by molar-refractivity contribution is -0.134. The lowest BCUT2D eigenvalue weighted by Gasteiger charge is -2.46. The lowest BCUT2D eigenvalue weighted by atomic mass is 9.74. The zero-order chi connectivity index (χ0) is 19.1. The van der Waals surface area contributed by atoms with Crippen LogP contribution >= 0.6 is 0 Å². The highest BCUT2D eigenvalue weighted by Crippen LogP contribution is 2.46. The van der Waals surface area contributed by atoms with Crippen LogP contribution < -0.4 is 0 Å². The van der Waals surface area contributed by atoms with Gasteiger partial charge in [-0.05, 0) is 42.4 Å². The van der Waals surface area contributed by atoms with Crippen LogP contribution in [0.4, 0.5) is 0 Å². The normalized spacial score (nSPS) is 25.9. The Morgan fingerprint density at radius 3 is 2.96 bits per heavy atom. The fourth-order valence-corrected chi connectivity index (χ4v) is 5.02. The highest BCUT2D eigenvalue weighted by molar-refractivity contribution is 5.91. The number of piperidine rings is 1. The first kappa shape index (κ1) is 17.9. The Balaban J connectivity index is 1.76. The maximum Gasteiger partial charge on any atom is 0.334 e. The third-order valence-electron chi connectivity index (χ3n) is 6.29. The van der Waals surface area contributed by atoms with Gasteiger partial charge in [-0.2, -0.15) is 0 Å². The van der Waals surface area contributed by atoms with Crippen LogP contribution in [-0.2, 0) is 16.0 Å². The van der Waals surface area contributed by atoms with Gasteiger partial charge in [0.1, 0.15) is 5.75 Å². The number of carboxylic acids is 1. The van der Waals surface area contributed by atoms with Gasteiger partial charge in [0.05, 0.1) is 25.0 Å². The highest BCUT2D eigenvalue weighted by Gasteiger charge is 2.42. The van der Waals surface area contributed by atoms with Crippen molar-refractivity contribution in [2.45, 2.75) is 32.2 Å². The number of hydrogen-bond donors (Lipinski definition) is 3. The number of H-pyrrole nitrogens is 1. The Morgan fingerprint density at radius 1 is 1.44 bits per heavy atom. The summed E-state index contributed by atoms with van der Waals surface area (Å²) in [4.78, 5) is 17.8. The van der Waals surface area contributed by atoms with Crippen molar-refractivity contribution in [2.24, 2.45) is 11.8 Å². The number of rotatable bonds is 4. The van der Waals surface area contributed by atoms with Crippen LogP contribution in [0, 0.1) is 11.8 Å². The number of fused-ring (bicyclic) bond motifs is 5. The Kier molecular flexibility index (Phi) is 4.60. The van der Waals surface area contributed by atoms with Crippen molar-refractivity contribution >= 4 is 16.9 Å². The van der Waals surface area contributed by atoms with Gasteiger partial charge < -0.3 is 19.9 Å². The van der Waals surface area contributed by atoms with Crippen molar-refractivity contribution in [1.82, 2.24) is 9.88 Å². The van der Waals surface area contributed by atoms with Crippen LogP contribution in [0.25, 0.3) is 10.9 Å². The van der Waals surface area contributed by atoms with E-state index in [1.807, 2.05) is 12.1 Å². The van der Waals surface area contributed by atoms with E-state index in [2.05, 4.69) is 16.8 Å². The van der Waals surface area contributed by atoms with Crippen molar-refractivity contribution in [2.75, 3.05) is 20.2 Å². The monoisotopic (exact) mass is 370 g/mol. The molecule has 0 unspecified atom stereocenters. The Hall–Kier alpha value is -2.47. The third kappa shape index (κ3) is 2.88. The standard InChI is InChI=1S/C21H26N2O4/c1-3-12-10-23-8-7-13-19-16(5-4-6-18(19)24)22-20(13)17(23)9-14(12)15(11-27-2)21(25)26/h4-6,11-12,14,17,22,24H,3,7-10H2,1-2H3,(H,25,26)/b15-11-/t12-,14+,17+/m1/s1. The molecule has 4 rings (SSSR count). The molecule has 2 aromatic rings. The second kappa shape index (κ2) is 6.93. The van der Waals surface area contributed by atoms with Gasteiger partial charge in [0.2, 0.25) is 0 Å². The highest BCUT2D eigenvalue weighted by atomic mass is 16.5. The van der Waals surface area contributed by atoms with Crippen molar-refractivity contribution in [3.8, 4) is 5.75 Å². The van der Waals surface area contributed by atoms with Crippen molar-refractivity contribution in [1.29, 1.82) is 0 Å². The average Bonchev–Trinajstić information content (AvgIpc) is 3.05. The first-order valence-electron chi connectivity index (χ1n) is 9.57. The Bertz CT molecular complexity index is 901. The van der Waals surface area contributed by atoms with Crippen LogP contribution in [0.3, 0.4) is 0 Å². The SMILES string of the molecule is CC[C@@H]1CN2CCc3c([nH]c4cccc(O)c34)[C@@H]2C[C@@H]1/C(=C/OC)C(=O)O. The molecular formula is C21H26N2O4. The van der Waals surface area contributed by atoms with Gasteiger partial charge in [-0.3, -0.25) is 4.90 Å². The largest absolute Gasteiger partial charge is 0.507 e. The van der Waals surface area contributed by atoms with E-state index in [0.717, 1.165) is 48.9 Å². The topological polar surface area (TPSA) is 85.8 Å². The minimum Gasteiger partial charge on any atom is -0.507 e. The van der Waals surface area contributed by atoms with E-state index in [-0.39, 0.29) is 17.9 Å². The number of aromatic amines is 1. The minimum atomic E-state index is -0.904. The summed E-state index contributed by atoms with van der Waals surface area (Å²) in [5.74, 6) is -0.362. The molecule has 1 aromatic carbocycles. The summed E-state index contributed by atoms with van der Waals surface area (Å²) >= 11 is 0. The zero-order valence-corrected chi connectivity index (χ0v) is 15.7. The summed E-state index contributed by atoms with van der Waals surface area (Å²) in [6.07, 6.45) is 3.96. The molecule has 6 heteroatoms. The summed E-state index contributed by atoms with van der Waals surface area (Å²) < 4.78 is 5.08. The number of phenols is 1. The first-order chi connectivity index (χ1) is 13.0. The smallest absolute Gasteiger partial charge is 0.334 e. The van der Waals surface area contributed by atoms with Crippen LogP contribution in [0.1, 0.15) is 37.1 Å². The van der Waals surface area contributed by atoms with Crippen LogP contribution in [0.15, 0.2) is 30.0 Å². The van der Waals surface area contributed by atoms with E-state index in [4.69, 9.17) is 4.74 Å². The number of nitrogens with zero attached hydrogens (tertiary/aromatic N) is 1. The number of ether oxygens (including phenoxy) is 1. The molecule has 0 spiro atoms. The van der Waals surface area contributed by atoms with Crippen molar-refractivity contribution < 1.29 is 19.7 Å². The van der Waals surface area contributed by atoms with Gasteiger partial charge in [-0.25, -0.2) is 4.79 Å². The molecular weight excluding hydrogens is 344 g/mol. The van der Waals surface area contributed by atoms with Crippen molar-refractivity contribution in [3.63, 3.8) is 0 Å². The molecule has 3 heterocycles. The van der Waals surface area contributed by atoms with Crippen LogP contribution in [0.2, 0.25) is 0 Å². The molecule has 6 nitrogen and oxygen atoms in total. The molecule has 3 atom stereocenters. The van der Waals surface area contributed by atoms with Gasteiger partial charge >= 0.3 is 5.97 Å². The molecule has 1 saturated heterocycles. The number of hydrogen-bond acceptors (Lipinski definition) is 4. The third-order valence-corrected chi connectivity index (χ3v) is 6.29. The fraction of sp³-hybridized carbons (Fsp3) is 0.476. The minimum absolute atomic E-state index is 0.0559. The number of aromatic nitrogens is 1. The number of methoxy groups -OCH3 is 1. The van der Waals surface area contributed by atoms with E-state index >= 15 is 0 Å². The van der Waals surface area contributed by atoms with E-state index in [0.29, 0.717) is 11.3 Å². The second-order valence-electron chi connectivity index (χ2n) is 7.60. The molecule has 0 saturated carbocycles. The van der Waals surface area contributed by atoms with E-state index in [9.17, 15) is 15.0 Å². The van der Waals surface area contributed by atoms with Gasteiger partial charge in [0.15, 0.2) is 0 Å². The molecule has 1 aromatic heterocycles. The number of carbonyl (C=O) groups is 1. The number of benzene rings is 1. The van der Waals surface area contributed by atoms with Crippen LogP contribution in [-0.4, -0.2) is 46.3 Å². The Labute approximate surface area is 158 Å². The maximum absolute atomic E-state index is 11.8. The van der Waals surface area contributed by atoms with E-state index < -0.39 is 5.97 Å². The number of phenolic OH excluding ortho intramolecular Hbond substituents is 1. The van der Waals surface area contributed by atoms with Gasteiger partial charge in [0.25, 0.3) is 0 Å². The summed E-state index contributed by atoms with van der Waals surface area (Å²) in [5, 5.41) is 21.0. The molecule has 0 amide bonds. The molecule has 3 N–H and O–H groups in total. The molecule has 2 aliphatic heterocycles. The summed E-state index contributed by atoms with van der Waals surface area (Å²) in [7, 11) is 1.50. The molecule has 0 aliphatic carbocycles. The molecule has 27 heavy (non-hydrogen) atoms. The van der Waals surface area contributed by atoms with E-state index in [1.165, 1.54) is 18.9 Å². The quantitative estimate of drug-likeness (QED) is 0.567. The van der Waals surface area contributed by atoms with Gasteiger partial charge in [0, 0.05) is 29.7 Å². The first-order valence-corrected chi connectivity index (χ1v) is 9.57. The molecule has 0 bridgehead atoms. The van der Waals surface area contributed by atoms with Gasteiger partial charge in [-0.15, -0.1) is 0 Å². The van der Waals surface area contributed by atoms with E-state index in [1.54, 1.807) is 6.07 Å². The lowest BCUT2D eigenvalue weighted by Crippen LogP contribution is -2.46. The zero-order valence-electron chi connectivity index (χ0n) is 15.7. The van der Waals surface area contributed by atoms with Crippen molar-refractivity contribution in [3.05, 3.63) is 41.3 Å². The number of aromatic hydroxyl groups is 1. The number of carboxylic acid groups (broad SMARTS) is 1. The van der Waals surface area contributed by atoms with Crippen LogP contribution in [0.5, 0.6) is 5.75 Å². The number of aliphatic carboxylic acids is 1. The predicted octanol–water partition coefficient (Wildman–Crippen LogP) is 3.43. The fourth-order valence-electron chi connectivity index (χ4n) is 5.02. The maximum atomic E-state index is 11.8. The molecule has 0 radical (unpaired) electrons. The molecule has 144 valence electrons. The predicted molar refractivity (Wildman–Crippen MR) is 103 cm³/mol. The second-order valence-corrected chi connectivity index (χ2v) is 7.60.